The molecule has 0 atom stereocenters. The van der Waals surface area contributed by atoms with Crippen molar-refractivity contribution in [3.05, 3.63) is 65.9 Å². The number of hydrogen-bond donors (Lipinski definition) is 1. The quantitative estimate of drug-likeness (QED) is 0.736. The Morgan fingerprint density at radius 3 is 2.59 bits per heavy atom. The third kappa shape index (κ3) is 4.42. The van der Waals surface area contributed by atoms with E-state index in [1.807, 2.05) is 44.3 Å². The van der Waals surface area contributed by atoms with Gasteiger partial charge in [-0.25, -0.2) is 4.98 Å². The number of carbonyl (C=O) groups is 1. The highest BCUT2D eigenvalue weighted by Gasteiger charge is 2.20. The molecule has 0 saturated carbocycles. The minimum absolute atomic E-state index is 0.140. The first kappa shape index (κ1) is 18.8. The highest BCUT2D eigenvalue weighted by Crippen LogP contribution is 2.25. The van der Waals surface area contributed by atoms with Crippen LogP contribution in [0.2, 0.25) is 0 Å². The number of aromatic nitrogens is 3. The zero-order chi connectivity index (χ0) is 19.6. The molecule has 0 spiro atoms. The maximum atomic E-state index is 12.8. The second-order valence-corrected chi connectivity index (χ2v) is 8.06. The van der Waals surface area contributed by atoms with Crippen molar-refractivity contribution in [3.8, 4) is 11.1 Å². The minimum atomic E-state index is -0.140. The summed E-state index contributed by atoms with van der Waals surface area (Å²) in [6, 6.07) is 9.62. The highest BCUT2D eigenvalue weighted by atomic mass is 16.1. The van der Waals surface area contributed by atoms with Crippen LogP contribution in [-0.2, 0) is 13.5 Å². The van der Waals surface area contributed by atoms with Crippen LogP contribution in [0, 0.1) is 12.3 Å². The molecule has 3 rings (SSSR count). The number of nitrogens with zero attached hydrogens (tertiary/aromatic N) is 3. The molecule has 0 fully saturated rings. The van der Waals surface area contributed by atoms with Crippen molar-refractivity contribution < 1.29 is 4.79 Å². The number of carbonyl (C=O) groups excluding carboxylic acids is 1. The fourth-order valence-corrected chi connectivity index (χ4v) is 3.10. The lowest BCUT2D eigenvalue weighted by molar-refractivity contribution is 0.102. The first-order valence-electron chi connectivity index (χ1n) is 9.07. The summed E-state index contributed by atoms with van der Waals surface area (Å²) in [6.07, 6.45) is 6.13. The topological polar surface area (TPSA) is 59.8 Å². The van der Waals surface area contributed by atoms with Gasteiger partial charge in [0.2, 0.25) is 0 Å². The molecule has 0 bridgehead atoms. The molecular formula is C22H26N4O. The van der Waals surface area contributed by atoms with E-state index < -0.39 is 0 Å². The van der Waals surface area contributed by atoms with Gasteiger partial charge in [-0.1, -0.05) is 26.8 Å². The van der Waals surface area contributed by atoms with Crippen molar-refractivity contribution in [2.45, 2.75) is 34.1 Å². The van der Waals surface area contributed by atoms with Gasteiger partial charge >= 0.3 is 0 Å². The maximum absolute atomic E-state index is 12.8. The lowest BCUT2D eigenvalue weighted by Gasteiger charge is -2.18. The molecule has 0 unspecified atom stereocenters. The molecule has 0 aliphatic rings. The van der Waals surface area contributed by atoms with Crippen LogP contribution < -0.4 is 5.32 Å². The van der Waals surface area contributed by atoms with Crippen molar-refractivity contribution in [2.75, 3.05) is 5.32 Å². The van der Waals surface area contributed by atoms with Gasteiger partial charge in [0.1, 0.15) is 5.82 Å². The third-order valence-electron chi connectivity index (χ3n) is 4.59. The monoisotopic (exact) mass is 362 g/mol. The number of anilines is 1. The van der Waals surface area contributed by atoms with Gasteiger partial charge in [-0.05, 0) is 48.6 Å². The fraction of sp³-hybridized carbons (Fsp3) is 0.318. The molecule has 0 radical (unpaired) electrons. The van der Waals surface area contributed by atoms with Crippen LogP contribution in [0.4, 0.5) is 5.82 Å². The number of pyridine rings is 2. The first-order valence-corrected chi connectivity index (χ1v) is 9.07. The Balaban J connectivity index is 1.83. The number of rotatable bonds is 4. The van der Waals surface area contributed by atoms with Gasteiger partial charge < -0.3 is 9.88 Å². The lowest BCUT2D eigenvalue weighted by atomic mass is 9.90. The number of nitrogens with one attached hydrogen (secondary N) is 1. The van der Waals surface area contributed by atoms with E-state index in [2.05, 4.69) is 40.6 Å². The molecular weight excluding hydrogens is 336 g/mol. The van der Waals surface area contributed by atoms with E-state index in [1.54, 1.807) is 18.6 Å². The molecule has 0 aliphatic carbocycles. The molecule has 3 heterocycles. The predicted octanol–water partition coefficient (Wildman–Crippen LogP) is 4.63. The Morgan fingerprint density at radius 2 is 1.93 bits per heavy atom. The van der Waals surface area contributed by atoms with Crippen LogP contribution in [0.15, 0.2) is 48.9 Å². The van der Waals surface area contributed by atoms with Crippen molar-refractivity contribution >= 4 is 11.7 Å². The van der Waals surface area contributed by atoms with E-state index >= 15 is 0 Å². The second kappa shape index (κ2) is 7.35. The summed E-state index contributed by atoms with van der Waals surface area (Å²) in [6.45, 7) is 8.56. The maximum Gasteiger partial charge on any atom is 0.258 e. The van der Waals surface area contributed by atoms with Crippen LogP contribution in [0.3, 0.4) is 0 Å². The summed E-state index contributed by atoms with van der Waals surface area (Å²) in [7, 11) is 2.01. The van der Waals surface area contributed by atoms with Gasteiger partial charge in [0.15, 0.2) is 0 Å². The molecule has 0 saturated heterocycles. The number of hydrogen-bond acceptors (Lipinski definition) is 3. The summed E-state index contributed by atoms with van der Waals surface area (Å²) in [5.74, 6) is 0.390. The van der Waals surface area contributed by atoms with E-state index in [1.165, 1.54) is 0 Å². The van der Waals surface area contributed by atoms with Crippen molar-refractivity contribution in [1.82, 2.24) is 14.5 Å². The van der Waals surface area contributed by atoms with Gasteiger partial charge in [0, 0.05) is 42.6 Å². The van der Waals surface area contributed by atoms with E-state index in [0.29, 0.717) is 11.4 Å². The Kier molecular flexibility index (Phi) is 5.13. The molecule has 5 nitrogen and oxygen atoms in total. The molecule has 3 aromatic heterocycles. The summed E-state index contributed by atoms with van der Waals surface area (Å²) in [5, 5.41) is 2.93. The highest BCUT2D eigenvalue weighted by molar-refractivity contribution is 6.05. The Hall–Kier alpha value is -2.95. The van der Waals surface area contributed by atoms with E-state index in [4.69, 9.17) is 0 Å². The van der Waals surface area contributed by atoms with Crippen molar-refractivity contribution in [2.24, 2.45) is 12.5 Å². The third-order valence-corrected chi connectivity index (χ3v) is 4.59. The normalized spacial score (nSPS) is 11.4. The smallest absolute Gasteiger partial charge is 0.258 e. The van der Waals surface area contributed by atoms with Gasteiger partial charge in [0.25, 0.3) is 5.91 Å². The van der Waals surface area contributed by atoms with Crippen LogP contribution in [0.5, 0.6) is 0 Å². The second-order valence-electron chi connectivity index (χ2n) is 8.06. The summed E-state index contributed by atoms with van der Waals surface area (Å²) in [4.78, 5) is 21.3. The predicted molar refractivity (Wildman–Crippen MR) is 109 cm³/mol. The zero-order valence-electron chi connectivity index (χ0n) is 16.6. The minimum Gasteiger partial charge on any atom is -0.351 e. The molecule has 1 N–H and O–H groups in total. The summed E-state index contributed by atoms with van der Waals surface area (Å²) in [5.41, 5.74) is 4.90. The SMILES string of the molecule is Cc1c(C(=O)Nc2cc(-c3cccnc3)ccn2)cc(CC(C)(C)C)n1C. The van der Waals surface area contributed by atoms with Crippen LogP contribution in [-0.4, -0.2) is 20.4 Å². The van der Waals surface area contributed by atoms with E-state index in [9.17, 15) is 4.79 Å². The standard InChI is InChI=1S/C22H26N4O/c1-15-19(12-18(26(15)5)13-22(2,3)4)21(27)25-20-11-16(8-10-24-20)17-7-6-9-23-14-17/h6-12,14H,13H2,1-5H3,(H,24,25,27). The van der Waals surface area contributed by atoms with Crippen molar-refractivity contribution in [1.29, 1.82) is 0 Å². The summed E-state index contributed by atoms with van der Waals surface area (Å²) >= 11 is 0. The van der Waals surface area contributed by atoms with E-state index in [-0.39, 0.29) is 11.3 Å². The first-order chi connectivity index (χ1) is 12.7. The molecule has 5 heteroatoms. The number of amides is 1. The van der Waals surface area contributed by atoms with Gasteiger partial charge in [-0.2, -0.15) is 0 Å². The Morgan fingerprint density at radius 1 is 1.15 bits per heavy atom. The largest absolute Gasteiger partial charge is 0.351 e. The van der Waals surface area contributed by atoms with Crippen LogP contribution in [0.25, 0.3) is 11.1 Å². The van der Waals surface area contributed by atoms with Gasteiger partial charge in [0.05, 0.1) is 5.56 Å². The molecule has 1 amide bonds. The molecule has 0 aliphatic heterocycles. The average Bonchev–Trinajstić information content (AvgIpc) is 2.90. The Bertz CT molecular complexity index is 952. The summed E-state index contributed by atoms with van der Waals surface area (Å²) < 4.78 is 2.10. The van der Waals surface area contributed by atoms with Gasteiger partial charge in [-0.15, -0.1) is 0 Å². The lowest BCUT2D eigenvalue weighted by Crippen LogP contribution is -2.14. The molecule has 0 aromatic carbocycles. The average molecular weight is 362 g/mol. The van der Waals surface area contributed by atoms with Crippen molar-refractivity contribution in [3.63, 3.8) is 0 Å². The molecule has 3 aromatic rings. The molecule has 27 heavy (non-hydrogen) atoms. The zero-order valence-corrected chi connectivity index (χ0v) is 16.6. The van der Waals surface area contributed by atoms with Crippen LogP contribution in [0.1, 0.15) is 42.5 Å². The van der Waals surface area contributed by atoms with Crippen LogP contribution >= 0.6 is 0 Å². The molecule has 140 valence electrons. The van der Waals surface area contributed by atoms with Gasteiger partial charge in [-0.3, -0.25) is 9.78 Å². The van der Waals surface area contributed by atoms with E-state index in [0.717, 1.165) is 28.9 Å². The Labute approximate surface area is 160 Å². The fourth-order valence-electron chi connectivity index (χ4n) is 3.10.